The van der Waals surface area contributed by atoms with Crippen molar-refractivity contribution in [2.24, 2.45) is 11.1 Å². The summed E-state index contributed by atoms with van der Waals surface area (Å²) in [5.41, 5.74) is 6.02. The number of carbonyl (C=O) groups is 1. The Kier molecular flexibility index (Phi) is 4.83. The van der Waals surface area contributed by atoms with Crippen LogP contribution in [0.2, 0.25) is 0 Å². The maximum atomic E-state index is 12.8. The number of nitrogens with zero attached hydrogens (tertiary/aromatic N) is 1. The first kappa shape index (κ1) is 15.8. The molecule has 0 spiro atoms. The number of hydrogen-bond acceptors (Lipinski definition) is 3. The van der Waals surface area contributed by atoms with Crippen molar-refractivity contribution in [2.45, 2.75) is 32.7 Å². The first-order valence-corrected chi connectivity index (χ1v) is 7.30. The molecular weight excluding hydrogens is 271 g/mol. The van der Waals surface area contributed by atoms with Crippen molar-refractivity contribution in [3.63, 3.8) is 0 Å². The van der Waals surface area contributed by atoms with Gasteiger partial charge in [0, 0.05) is 19.1 Å². The van der Waals surface area contributed by atoms with Crippen molar-refractivity contribution in [1.82, 2.24) is 4.90 Å². The van der Waals surface area contributed by atoms with E-state index in [2.05, 4.69) is 13.8 Å². The van der Waals surface area contributed by atoms with E-state index >= 15 is 0 Å². The Morgan fingerprint density at radius 3 is 2.71 bits per heavy atom. The first-order chi connectivity index (χ1) is 9.88. The molecule has 1 fully saturated rings. The molecule has 1 aliphatic heterocycles. The number of ether oxygens (including phenoxy) is 1. The summed E-state index contributed by atoms with van der Waals surface area (Å²) in [5, 5.41) is 0. The average molecular weight is 294 g/mol. The van der Waals surface area contributed by atoms with E-state index in [0.717, 1.165) is 6.42 Å². The zero-order chi connectivity index (χ0) is 15.5. The van der Waals surface area contributed by atoms with E-state index in [9.17, 15) is 9.18 Å². The summed E-state index contributed by atoms with van der Waals surface area (Å²) in [6.45, 7) is 5.87. The second kappa shape index (κ2) is 6.43. The molecule has 0 aliphatic carbocycles. The molecule has 1 aliphatic rings. The van der Waals surface area contributed by atoms with E-state index < -0.39 is 0 Å². The zero-order valence-electron chi connectivity index (χ0n) is 12.6. The number of rotatable bonds is 4. The van der Waals surface area contributed by atoms with Gasteiger partial charge in [-0.15, -0.1) is 0 Å². The van der Waals surface area contributed by atoms with E-state index in [0.29, 0.717) is 31.9 Å². The molecule has 1 heterocycles. The highest BCUT2D eigenvalue weighted by Gasteiger charge is 2.35. The van der Waals surface area contributed by atoms with E-state index in [-0.39, 0.29) is 23.2 Å². The van der Waals surface area contributed by atoms with Crippen LogP contribution in [0.25, 0.3) is 0 Å². The van der Waals surface area contributed by atoms with Gasteiger partial charge in [-0.3, -0.25) is 4.79 Å². The number of likely N-dealkylation sites (tertiary alicyclic amines) is 1. The third-order valence-electron chi connectivity index (χ3n) is 4.06. The van der Waals surface area contributed by atoms with Gasteiger partial charge in [-0.05, 0) is 36.1 Å². The number of amides is 1. The Labute approximate surface area is 125 Å². The van der Waals surface area contributed by atoms with Gasteiger partial charge >= 0.3 is 0 Å². The molecule has 0 bridgehead atoms. The minimum Gasteiger partial charge on any atom is -0.493 e. The van der Waals surface area contributed by atoms with Crippen molar-refractivity contribution in [1.29, 1.82) is 0 Å². The van der Waals surface area contributed by atoms with Crippen LogP contribution in [0, 0.1) is 11.2 Å². The lowest BCUT2D eigenvalue weighted by atomic mass is 9.79. The normalized spacial score (nSPS) is 21.1. The van der Waals surface area contributed by atoms with Crippen molar-refractivity contribution in [3.8, 4) is 5.75 Å². The maximum absolute atomic E-state index is 12.8. The van der Waals surface area contributed by atoms with E-state index in [1.54, 1.807) is 12.1 Å². The number of halogens is 1. The molecule has 21 heavy (non-hydrogen) atoms. The third kappa shape index (κ3) is 4.17. The van der Waals surface area contributed by atoms with Crippen LogP contribution >= 0.6 is 0 Å². The number of piperidine rings is 1. The topological polar surface area (TPSA) is 55.6 Å². The van der Waals surface area contributed by atoms with Crippen molar-refractivity contribution in [2.75, 3.05) is 19.7 Å². The summed E-state index contributed by atoms with van der Waals surface area (Å²) in [6, 6.07) is 5.93. The highest BCUT2D eigenvalue weighted by atomic mass is 19.1. The molecule has 1 aromatic carbocycles. The molecule has 1 amide bonds. The lowest BCUT2D eigenvalue weighted by Gasteiger charge is -2.42. The summed E-state index contributed by atoms with van der Waals surface area (Å²) < 4.78 is 18.2. The SMILES string of the molecule is CC1(C)CN(C(=O)CCOc2ccc(F)cc2)CCC1N. The van der Waals surface area contributed by atoms with E-state index in [1.807, 2.05) is 4.90 Å². The highest BCUT2D eigenvalue weighted by molar-refractivity contribution is 5.76. The van der Waals surface area contributed by atoms with Gasteiger partial charge in [-0.2, -0.15) is 0 Å². The minimum absolute atomic E-state index is 0.0499. The van der Waals surface area contributed by atoms with Crippen LogP contribution in [0.15, 0.2) is 24.3 Å². The van der Waals surface area contributed by atoms with Crippen LogP contribution in [-0.4, -0.2) is 36.5 Å². The number of carbonyl (C=O) groups excluding carboxylic acids is 1. The molecular formula is C16H23FN2O2. The standard InChI is InChI=1S/C16H23FN2O2/c1-16(2)11-19(9-7-14(16)18)15(20)8-10-21-13-5-3-12(17)4-6-13/h3-6,14H,7-11,18H2,1-2H3. The largest absolute Gasteiger partial charge is 0.493 e. The molecule has 4 nitrogen and oxygen atoms in total. The lowest BCUT2D eigenvalue weighted by molar-refractivity contribution is -0.135. The summed E-state index contributed by atoms with van der Waals surface area (Å²) in [7, 11) is 0. The highest BCUT2D eigenvalue weighted by Crippen LogP contribution is 2.27. The smallest absolute Gasteiger partial charge is 0.226 e. The van der Waals surface area contributed by atoms with Crippen LogP contribution in [0.1, 0.15) is 26.7 Å². The quantitative estimate of drug-likeness (QED) is 0.926. The zero-order valence-corrected chi connectivity index (χ0v) is 12.6. The predicted molar refractivity (Wildman–Crippen MR) is 79.5 cm³/mol. The summed E-state index contributed by atoms with van der Waals surface area (Å²) >= 11 is 0. The summed E-state index contributed by atoms with van der Waals surface area (Å²) in [4.78, 5) is 14.0. The minimum atomic E-state index is -0.301. The fourth-order valence-corrected chi connectivity index (χ4v) is 2.53. The molecule has 1 saturated heterocycles. The van der Waals surface area contributed by atoms with Gasteiger partial charge in [-0.1, -0.05) is 13.8 Å². The van der Waals surface area contributed by atoms with Gasteiger partial charge in [-0.25, -0.2) is 4.39 Å². The molecule has 0 radical (unpaired) electrons. The average Bonchev–Trinajstić information content (AvgIpc) is 2.44. The van der Waals surface area contributed by atoms with Crippen LogP contribution in [0.3, 0.4) is 0 Å². The fraction of sp³-hybridized carbons (Fsp3) is 0.562. The fourth-order valence-electron chi connectivity index (χ4n) is 2.53. The van der Waals surface area contributed by atoms with Gasteiger partial charge in [0.15, 0.2) is 0 Å². The van der Waals surface area contributed by atoms with E-state index in [4.69, 9.17) is 10.5 Å². The molecule has 1 aromatic rings. The van der Waals surface area contributed by atoms with Crippen molar-refractivity contribution < 1.29 is 13.9 Å². The molecule has 116 valence electrons. The molecule has 1 atom stereocenters. The second-order valence-corrected chi connectivity index (χ2v) is 6.25. The molecule has 2 rings (SSSR count). The summed E-state index contributed by atoms with van der Waals surface area (Å²) in [6.07, 6.45) is 1.15. The first-order valence-electron chi connectivity index (χ1n) is 7.30. The summed E-state index contributed by atoms with van der Waals surface area (Å²) in [5.74, 6) is 0.354. The van der Waals surface area contributed by atoms with E-state index in [1.165, 1.54) is 12.1 Å². The van der Waals surface area contributed by atoms with Gasteiger partial charge in [0.2, 0.25) is 5.91 Å². The molecule has 5 heteroatoms. The van der Waals surface area contributed by atoms with Gasteiger partial charge < -0.3 is 15.4 Å². The Hall–Kier alpha value is -1.62. The lowest BCUT2D eigenvalue weighted by Crippen LogP contribution is -2.54. The second-order valence-electron chi connectivity index (χ2n) is 6.25. The molecule has 1 unspecified atom stereocenters. The van der Waals surface area contributed by atoms with Gasteiger partial charge in [0.25, 0.3) is 0 Å². The Morgan fingerprint density at radius 2 is 2.10 bits per heavy atom. The van der Waals surface area contributed by atoms with Crippen LogP contribution in [-0.2, 0) is 4.79 Å². The number of nitrogens with two attached hydrogens (primary N) is 1. The molecule has 2 N–H and O–H groups in total. The van der Waals surface area contributed by atoms with Gasteiger partial charge in [0.05, 0.1) is 13.0 Å². The van der Waals surface area contributed by atoms with Crippen LogP contribution in [0.4, 0.5) is 4.39 Å². The predicted octanol–water partition coefficient (Wildman–Crippen LogP) is 2.18. The third-order valence-corrected chi connectivity index (χ3v) is 4.06. The Balaban J connectivity index is 1.78. The Bertz CT molecular complexity index is 488. The maximum Gasteiger partial charge on any atom is 0.226 e. The number of hydrogen-bond donors (Lipinski definition) is 1. The molecule has 0 aromatic heterocycles. The Morgan fingerprint density at radius 1 is 1.43 bits per heavy atom. The van der Waals surface area contributed by atoms with Gasteiger partial charge in [0.1, 0.15) is 11.6 Å². The van der Waals surface area contributed by atoms with Crippen molar-refractivity contribution in [3.05, 3.63) is 30.1 Å². The van der Waals surface area contributed by atoms with Crippen molar-refractivity contribution >= 4 is 5.91 Å². The van der Waals surface area contributed by atoms with Crippen LogP contribution < -0.4 is 10.5 Å². The van der Waals surface area contributed by atoms with Crippen LogP contribution in [0.5, 0.6) is 5.75 Å². The monoisotopic (exact) mass is 294 g/mol. The molecule has 0 saturated carbocycles. The number of benzene rings is 1.